The van der Waals surface area contributed by atoms with Crippen LogP contribution in [0.15, 0.2) is 42.7 Å². The fourth-order valence-corrected chi connectivity index (χ4v) is 2.92. The number of amides is 1. The maximum atomic E-state index is 12.4. The molecule has 7 heteroatoms. The van der Waals surface area contributed by atoms with Crippen LogP contribution in [0, 0.1) is 5.41 Å². The van der Waals surface area contributed by atoms with E-state index in [1.807, 2.05) is 44.4 Å². The molecule has 26 heavy (non-hydrogen) atoms. The summed E-state index contributed by atoms with van der Waals surface area (Å²) in [4.78, 5) is 16.9. The summed E-state index contributed by atoms with van der Waals surface area (Å²) >= 11 is 0. The van der Waals surface area contributed by atoms with Crippen LogP contribution in [0.4, 0.5) is 0 Å². The maximum absolute atomic E-state index is 12.4. The van der Waals surface area contributed by atoms with Gasteiger partial charge in [-0.05, 0) is 18.4 Å². The summed E-state index contributed by atoms with van der Waals surface area (Å²) in [6, 6.07) is 10.3. The van der Waals surface area contributed by atoms with E-state index in [1.54, 1.807) is 0 Å². The van der Waals surface area contributed by atoms with Gasteiger partial charge in [0.1, 0.15) is 5.82 Å². The molecule has 0 radical (unpaired) electrons. The molecule has 5 nitrogen and oxygen atoms in total. The Kier molecular flexibility index (Phi) is 11.2. The van der Waals surface area contributed by atoms with Gasteiger partial charge in [0.25, 0.3) is 0 Å². The lowest BCUT2D eigenvalue weighted by Gasteiger charge is -2.28. The monoisotopic (exact) mass is 400 g/mol. The molecule has 0 atom stereocenters. The van der Waals surface area contributed by atoms with Crippen molar-refractivity contribution in [2.24, 2.45) is 11.1 Å². The van der Waals surface area contributed by atoms with Gasteiger partial charge in [0, 0.05) is 38.4 Å². The molecule has 0 fully saturated rings. The topological polar surface area (TPSA) is 72.9 Å². The third kappa shape index (κ3) is 6.01. The smallest absolute Gasteiger partial charge is 0.227 e. The second kappa shape index (κ2) is 11.9. The molecular formula is C19H30Cl2N4O. The predicted molar refractivity (Wildman–Crippen MR) is 111 cm³/mol. The van der Waals surface area contributed by atoms with Gasteiger partial charge in [0.2, 0.25) is 5.91 Å². The molecule has 2 aromatic rings. The normalized spacial score (nSPS) is 10.6. The van der Waals surface area contributed by atoms with Crippen LogP contribution in [0.3, 0.4) is 0 Å². The van der Waals surface area contributed by atoms with Gasteiger partial charge < -0.3 is 15.6 Å². The van der Waals surface area contributed by atoms with Gasteiger partial charge in [-0.15, -0.1) is 24.8 Å². The van der Waals surface area contributed by atoms with Gasteiger partial charge in [-0.3, -0.25) is 4.79 Å². The van der Waals surface area contributed by atoms with Gasteiger partial charge in [0.05, 0.1) is 5.41 Å². The number of halogens is 2. The van der Waals surface area contributed by atoms with Crippen LogP contribution in [0.25, 0.3) is 0 Å². The fourth-order valence-electron chi connectivity index (χ4n) is 2.92. The number of imidazole rings is 1. The zero-order chi connectivity index (χ0) is 17.4. The van der Waals surface area contributed by atoms with E-state index in [1.165, 1.54) is 5.56 Å². The molecule has 0 aliphatic heterocycles. The highest BCUT2D eigenvalue weighted by atomic mass is 35.5. The predicted octanol–water partition coefficient (Wildman–Crippen LogP) is 3.20. The third-order valence-corrected chi connectivity index (χ3v) is 4.86. The molecule has 1 amide bonds. The first kappa shape index (κ1) is 24.4. The van der Waals surface area contributed by atoms with Crippen molar-refractivity contribution in [3.63, 3.8) is 0 Å². The van der Waals surface area contributed by atoms with Crippen molar-refractivity contribution in [3.05, 3.63) is 54.1 Å². The van der Waals surface area contributed by atoms with Crippen molar-refractivity contribution >= 4 is 30.7 Å². The minimum Gasteiger partial charge on any atom is -0.355 e. The van der Waals surface area contributed by atoms with E-state index in [0.29, 0.717) is 19.5 Å². The molecule has 1 aromatic carbocycles. The Balaban J connectivity index is 0.00000312. The summed E-state index contributed by atoms with van der Waals surface area (Å²) in [5.74, 6) is 1.03. The number of nitrogens with zero attached hydrogens (tertiary/aromatic N) is 2. The minimum absolute atomic E-state index is 0. The highest BCUT2D eigenvalue weighted by molar-refractivity contribution is 5.85. The number of nitrogens with one attached hydrogen (secondary N) is 1. The number of aromatic nitrogens is 2. The van der Waals surface area contributed by atoms with E-state index < -0.39 is 5.41 Å². The van der Waals surface area contributed by atoms with E-state index in [0.717, 1.165) is 25.2 Å². The Hall–Kier alpha value is -1.56. The highest BCUT2D eigenvalue weighted by Crippen LogP contribution is 2.24. The number of carbonyl (C=O) groups excluding carboxylic acids is 1. The first-order valence-corrected chi connectivity index (χ1v) is 8.67. The number of hydrogen-bond acceptors (Lipinski definition) is 3. The maximum Gasteiger partial charge on any atom is 0.227 e. The second-order valence-corrected chi connectivity index (χ2v) is 6.15. The molecule has 2 rings (SSSR count). The van der Waals surface area contributed by atoms with Crippen molar-refractivity contribution in [1.82, 2.24) is 14.9 Å². The number of hydrogen-bond donors (Lipinski definition) is 2. The molecule has 0 bridgehead atoms. The van der Waals surface area contributed by atoms with Gasteiger partial charge >= 0.3 is 0 Å². The van der Waals surface area contributed by atoms with E-state index >= 15 is 0 Å². The molecule has 1 aromatic heterocycles. The summed E-state index contributed by atoms with van der Waals surface area (Å²) in [7, 11) is 0. The molecule has 0 saturated carbocycles. The molecule has 146 valence electrons. The first-order valence-electron chi connectivity index (χ1n) is 8.67. The molecule has 0 saturated heterocycles. The quantitative estimate of drug-likeness (QED) is 0.678. The van der Waals surface area contributed by atoms with Gasteiger partial charge in [-0.25, -0.2) is 4.98 Å². The summed E-state index contributed by atoms with van der Waals surface area (Å²) in [6.07, 6.45) is 6.01. The molecule has 0 unspecified atom stereocenters. The molecular weight excluding hydrogens is 371 g/mol. The fraction of sp³-hybridized carbons (Fsp3) is 0.474. The average molecular weight is 401 g/mol. The number of carbonyl (C=O) groups is 1. The largest absolute Gasteiger partial charge is 0.355 e. The lowest BCUT2D eigenvalue weighted by Crippen LogP contribution is -2.45. The zero-order valence-corrected chi connectivity index (χ0v) is 17.1. The van der Waals surface area contributed by atoms with Crippen LogP contribution < -0.4 is 11.1 Å². The van der Waals surface area contributed by atoms with Crippen molar-refractivity contribution in [2.45, 2.75) is 39.7 Å². The highest BCUT2D eigenvalue weighted by Gasteiger charge is 2.32. The minimum atomic E-state index is -0.445. The number of nitrogens with two attached hydrogens (primary N) is 1. The van der Waals surface area contributed by atoms with Crippen LogP contribution in [-0.4, -0.2) is 28.5 Å². The van der Waals surface area contributed by atoms with Crippen LogP contribution >= 0.6 is 24.8 Å². The van der Waals surface area contributed by atoms with Crippen LogP contribution in [0.1, 0.15) is 38.1 Å². The van der Waals surface area contributed by atoms with Gasteiger partial charge in [0.15, 0.2) is 0 Å². The van der Waals surface area contributed by atoms with Crippen molar-refractivity contribution < 1.29 is 4.79 Å². The average Bonchev–Trinajstić information content (AvgIpc) is 3.05. The lowest BCUT2D eigenvalue weighted by atomic mass is 9.81. The van der Waals surface area contributed by atoms with Crippen molar-refractivity contribution in [1.29, 1.82) is 0 Å². The van der Waals surface area contributed by atoms with E-state index in [2.05, 4.69) is 27.0 Å². The van der Waals surface area contributed by atoms with Crippen molar-refractivity contribution in [2.75, 3.05) is 13.1 Å². The second-order valence-electron chi connectivity index (χ2n) is 6.15. The Morgan fingerprint density at radius 2 is 1.85 bits per heavy atom. The molecule has 1 heterocycles. The Labute approximate surface area is 168 Å². The summed E-state index contributed by atoms with van der Waals surface area (Å²) < 4.78 is 2.12. The Bertz CT molecular complexity index is 634. The molecule has 3 N–H and O–H groups in total. The SMILES string of the molecule is CCC(CC)(CN)C(=O)NCCc1nccn1Cc1ccccc1.Cl.Cl. The summed E-state index contributed by atoms with van der Waals surface area (Å²) in [6.45, 7) is 5.78. The standard InChI is InChI=1S/C19H28N4O.2ClH/c1-3-19(4-2,15-20)18(24)22-11-10-17-21-12-13-23(17)14-16-8-6-5-7-9-16;;/h5-9,12-13H,3-4,10-11,14-15,20H2,1-2H3,(H,22,24);2*1H. The van der Waals surface area contributed by atoms with Crippen LogP contribution in [0.2, 0.25) is 0 Å². The molecule has 0 aliphatic carbocycles. The van der Waals surface area contributed by atoms with Crippen molar-refractivity contribution in [3.8, 4) is 0 Å². The van der Waals surface area contributed by atoms with E-state index in [9.17, 15) is 4.79 Å². The third-order valence-electron chi connectivity index (χ3n) is 4.86. The summed E-state index contributed by atoms with van der Waals surface area (Å²) in [5, 5.41) is 3.03. The van der Waals surface area contributed by atoms with Crippen LogP contribution in [0.5, 0.6) is 0 Å². The number of benzene rings is 1. The molecule has 0 aliphatic rings. The van der Waals surface area contributed by atoms with Gasteiger partial charge in [-0.1, -0.05) is 44.2 Å². The van der Waals surface area contributed by atoms with E-state index in [-0.39, 0.29) is 30.7 Å². The zero-order valence-electron chi connectivity index (χ0n) is 15.5. The Morgan fingerprint density at radius 1 is 1.19 bits per heavy atom. The van der Waals surface area contributed by atoms with Crippen LogP contribution in [-0.2, 0) is 17.8 Å². The number of rotatable bonds is 9. The van der Waals surface area contributed by atoms with E-state index in [4.69, 9.17) is 5.73 Å². The molecule has 0 spiro atoms. The first-order chi connectivity index (χ1) is 11.6. The summed E-state index contributed by atoms with van der Waals surface area (Å²) in [5.41, 5.74) is 6.62. The Morgan fingerprint density at radius 3 is 2.42 bits per heavy atom. The lowest BCUT2D eigenvalue weighted by molar-refractivity contribution is -0.131. The van der Waals surface area contributed by atoms with Gasteiger partial charge in [-0.2, -0.15) is 0 Å².